The van der Waals surface area contributed by atoms with E-state index in [-0.39, 0.29) is 6.54 Å². The lowest BCUT2D eigenvalue weighted by Crippen LogP contribution is -2.36. The zero-order chi connectivity index (χ0) is 18.7. The van der Waals surface area contributed by atoms with Crippen molar-refractivity contribution < 1.29 is 14.4 Å². The van der Waals surface area contributed by atoms with Crippen molar-refractivity contribution in [3.8, 4) is 0 Å². The van der Waals surface area contributed by atoms with Gasteiger partial charge in [-0.1, -0.05) is 46.3 Å². The minimum Gasteiger partial charge on any atom is -0.324 e. The summed E-state index contributed by atoms with van der Waals surface area (Å²) >= 11 is 4.19. The van der Waals surface area contributed by atoms with Crippen LogP contribution in [0.1, 0.15) is 11.1 Å². The number of amides is 3. The van der Waals surface area contributed by atoms with Crippen molar-refractivity contribution in [3.63, 3.8) is 0 Å². The van der Waals surface area contributed by atoms with Gasteiger partial charge in [-0.15, -0.1) is 0 Å². The molecule has 0 radical (unpaired) electrons. The van der Waals surface area contributed by atoms with Gasteiger partial charge >= 0.3 is 0 Å². The molecule has 3 amide bonds. The van der Waals surface area contributed by atoms with Crippen LogP contribution in [0.25, 0.3) is 6.08 Å². The maximum Gasteiger partial charge on any atom is 0.294 e. The van der Waals surface area contributed by atoms with Crippen molar-refractivity contribution in [2.75, 3.05) is 11.9 Å². The third kappa shape index (κ3) is 4.23. The molecule has 0 bridgehead atoms. The highest BCUT2D eigenvalue weighted by Gasteiger charge is 2.36. The molecule has 132 valence electrons. The number of anilines is 1. The number of hydrogen-bond acceptors (Lipinski definition) is 4. The molecular weight excluding hydrogens is 416 g/mol. The molecule has 1 saturated heterocycles. The fraction of sp³-hybridized carbons (Fsp3) is 0.105. The van der Waals surface area contributed by atoms with Gasteiger partial charge in [-0.25, -0.2) is 0 Å². The Labute approximate surface area is 163 Å². The van der Waals surface area contributed by atoms with Gasteiger partial charge in [-0.3, -0.25) is 19.3 Å². The van der Waals surface area contributed by atoms with E-state index in [1.54, 1.807) is 12.1 Å². The highest BCUT2D eigenvalue weighted by atomic mass is 79.9. The van der Waals surface area contributed by atoms with Gasteiger partial charge in [0, 0.05) is 10.2 Å². The SMILES string of the molecule is Cc1ccccc1NC(=O)CN1C(=O)S/C(=C\c2ccc(Br)cc2)C1=O. The molecule has 3 rings (SSSR count). The molecule has 2 aromatic carbocycles. The minimum atomic E-state index is -0.456. The molecule has 1 N–H and O–H groups in total. The number of nitrogens with one attached hydrogen (secondary N) is 1. The van der Waals surface area contributed by atoms with Crippen molar-refractivity contribution in [1.82, 2.24) is 4.90 Å². The number of benzene rings is 2. The van der Waals surface area contributed by atoms with E-state index in [0.29, 0.717) is 10.6 Å². The summed E-state index contributed by atoms with van der Waals surface area (Å²) in [6, 6.07) is 14.7. The smallest absolute Gasteiger partial charge is 0.294 e. The Bertz CT molecular complexity index is 909. The lowest BCUT2D eigenvalue weighted by molar-refractivity contribution is -0.127. The quantitative estimate of drug-likeness (QED) is 0.728. The van der Waals surface area contributed by atoms with E-state index < -0.39 is 17.1 Å². The van der Waals surface area contributed by atoms with Crippen LogP contribution in [0.2, 0.25) is 0 Å². The second kappa shape index (κ2) is 7.88. The van der Waals surface area contributed by atoms with Crippen LogP contribution >= 0.6 is 27.7 Å². The van der Waals surface area contributed by atoms with Crippen molar-refractivity contribution >= 4 is 56.5 Å². The fourth-order valence-electron chi connectivity index (χ4n) is 2.39. The first-order valence-corrected chi connectivity index (χ1v) is 9.41. The van der Waals surface area contributed by atoms with E-state index in [1.807, 2.05) is 49.4 Å². The molecule has 0 aliphatic carbocycles. The summed E-state index contributed by atoms with van der Waals surface area (Å²) in [6.45, 7) is 1.56. The van der Waals surface area contributed by atoms with Crippen LogP contribution < -0.4 is 5.32 Å². The number of halogens is 1. The first-order valence-electron chi connectivity index (χ1n) is 7.80. The summed E-state index contributed by atoms with van der Waals surface area (Å²) in [4.78, 5) is 38.1. The van der Waals surface area contributed by atoms with Gasteiger partial charge < -0.3 is 5.32 Å². The van der Waals surface area contributed by atoms with Gasteiger partial charge in [-0.2, -0.15) is 0 Å². The van der Waals surface area contributed by atoms with Gasteiger partial charge in [0.2, 0.25) is 5.91 Å². The molecule has 1 aliphatic rings. The molecule has 0 saturated carbocycles. The predicted molar refractivity (Wildman–Crippen MR) is 107 cm³/mol. The number of para-hydroxylation sites is 1. The van der Waals surface area contributed by atoms with Crippen molar-refractivity contribution in [2.45, 2.75) is 6.92 Å². The summed E-state index contributed by atoms with van der Waals surface area (Å²) in [5, 5.41) is 2.28. The molecule has 1 heterocycles. The zero-order valence-electron chi connectivity index (χ0n) is 13.9. The number of carbonyl (C=O) groups excluding carboxylic acids is 3. The van der Waals surface area contributed by atoms with Crippen LogP contribution in [0, 0.1) is 6.92 Å². The van der Waals surface area contributed by atoms with Gasteiger partial charge in [0.1, 0.15) is 6.54 Å². The maximum absolute atomic E-state index is 12.5. The lowest BCUT2D eigenvalue weighted by atomic mass is 10.2. The van der Waals surface area contributed by atoms with E-state index in [0.717, 1.165) is 32.3 Å². The highest BCUT2D eigenvalue weighted by molar-refractivity contribution is 9.10. The molecule has 0 unspecified atom stereocenters. The predicted octanol–water partition coefficient (Wildman–Crippen LogP) is 4.43. The number of carbonyl (C=O) groups is 3. The standard InChI is InChI=1S/C19H15BrN2O3S/c1-12-4-2-3-5-15(12)21-17(23)11-22-18(24)16(26-19(22)25)10-13-6-8-14(20)9-7-13/h2-10H,11H2,1H3,(H,21,23)/b16-10-. The third-order valence-corrected chi connectivity index (χ3v) is 5.20. The van der Waals surface area contributed by atoms with Crippen molar-refractivity contribution in [3.05, 3.63) is 69.0 Å². The molecule has 2 aromatic rings. The normalized spacial score (nSPS) is 15.6. The van der Waals surface area contributed by atoms with Crippen LogP contribution in [-0.2, 0) is 9.59 Å². The van der Waals surface area contributed by atoms with E-state index >= 15 is 0 Å². The molecule has 0 atom stereocenters. The number of aryl methyl sites for hydroxylation is 1. The van der Waals surface area contributed by atoms with Crippen LogP contribution in [0.5, 0.6) is 0 Å². The maximum atomic E-state index is 12.5. The van der Waals surface area contributed by atoms with Crippen LogP contribution in [0.15, 0.2) is 57.9 Å². The second-order valence-corrected chi connectivity index (χ2v) is 7.59. The number of thioether (sulfide) groups is 1. The Balaban J connectivity index is 1.70. The Morgan fingerprint density at radius 3 is 2.54 bits per heavy atom. The fourth-order valence-corrected chi connectivity index (χ4v) is 3.50. The van der Waals surface area contributed by atoms with E-state index in [1.165, 1.54) is 0 Å². The Morgan fingerprint density at radius 2 is 1.85 bits per heavy atom. The molecule has 1 aliphatic heterocycles. The van der Waals surface area contributed by atoms with Gasteiger partial charge in [-0.05, 0) is 54.1 Å². The molecular formula is C19H15BrN2O3S. The van der Waals surface area contributed by atoms with Crippen LogP contribution in [0.3, 0.4) is 0 Å². The van der Waals surface area contributed by atoms with Crippen molar-refractivity contribution in [2.24, 2.45) is 0 Å². The summed E-state index contributed by atoms with van der Waals surface area (Å²) in [6.07, 6.45) is 1.65. The Kier molecular flexibility index (Phi) is 5.58. The van der Waals surface area contributed by atoms with Gasteiger partial charge in [0.05, 0.1) is 4.91 Å². The number of hydrogen-bond donors (Lipinski definition) is 1. The third-order valence-electron chi connectivity index (χ3n) is 3.76. The average Bonchev–Trinajstić information content (AvgIpc) is 2.86. The summed E-state index contributed by atoms with van der Waals surface area (Å²) < 4.78 is 0.927. The highest BCUT2D eigenvalue weighted by Crippen LogP contribution is 2.32. The molecule has 26 heavy (non-hydrogen) atoms. The summed E-state index contributed by atoms with van der Waals surface area (Å²) in [5.41, 5.74) is 2.38. The topological polar surface area (TPSA) is 66.5 Å². The molecule has 7 heteroatoms. The number of imide groups is 1. The van der Waals surface area contributed by atoms with Gasteiger partial charge in [0.15, 0.2) is 0 Å². The largest absolute Gasteiger partial charge is 0.324 e. The molecule has 1 fully saturated rings. The number of nitrogens with zero attached hydrogens (tertiary/aromatic N) is 1. The van der Waals surface area contributed by atoms with E-state index in [2.05, 4.69) is 21.2 Å². The molecule has 0 spiro atoms. The second-order valence-electron chi connectivity index (χ2n) is 5.68. The summed E-state index contributed by atoms with van der Waals surface area (Å²) in [5.74, 6) is -0.866. The zero-order valence-corrected chi connectivity index (χ0v) is 16.3. The van der Waals surface area contributed by atoms with Crippen LogP contribution in [0.4, 0.5) is 10.5 Å². The monoisotopic (exact) mass is 430 g/mol. The van der Waals surface area contributed by atoms with Crippen molar-refractivity contribution in [1.29, 1.82) is 0 Å². The summed E-state index contributed by atoms with van der Waals surface area (Å²) in [7, 11) is 0. The van der Waals surface area contributed by atoms with E-state index in [9.17, 15) is 14.4 Å². The lowest BCUT2D eigenvalue weighted by Gasteiger charge is -2.13. The molecule has 0 aromatic heterocycles. The van der Waals surface area contributed by atoms with Gasteiger partial charge in [0.25, 0.3) is 11.1 Å². The Morgan fingerprint density at radius 1 is 1.15 bits per heavy atom. The Hall–Kier alpha value is -2.38. The molecule has 5 nitrogen and oxygen atoms in total. The first-order chi connectivity index (χ1) is 12.4. The van der Waals surface area contributed by atoms with Crippen LogP contribution in [-0.4, -0.2) is 28.5 Å². The number of rotatable bonds is 4. The first kappa shape index (κ1) is 18.4. The van der Waals surface area contributed by atoms with E-state index in [4.69, 9.17) is 0 Å². The average molecular weight is 431 g/mol. The minimum absolute atomic E-state index is 0.306.